The quantitative estimate of drug-likeness (QED) is 0.845. The molecule has 94 valence electrons. The fourth-order valence-electron chi connectivity index (χ4n) is 1.08. The van der Waals surface area contributed by atoms with Crippen LogP contribution in [0.3, 0.4) is 0 Å². The van der Waals surface area contributed by atoms with Gasteiger partial charge in [-0.3, -0.25) is 0 Å². The highest BCUT2D eigenvalue weighted by atomic mass is 19.4. The lowest BCUT2D eigenvalue weighted by atomic mass is 10.1. The minimum Gasteiger partial charge on any atom is -0.478 e. The van der Waals surface area contributed by atoms with Gasteiger partial charge in [0, 0.05) is 0 Å². The van der Waals surface area contributed by atoms with Crippen molar-refractivity contribution in [2.24, 2.45) is 0 Å². The van der Waals surface area contributed by atoms with Crippen LogP contribution < -0.4 is 4.74 Å². The second-order valence-electron chi connectivity index (χ2n) is 2.89. The van der Waals surface area contributed by atoms with Crippen LogP contribution in [0.2, 0.25) is 0 Å². The third-order valence-electron chi connectivity index (χ3n) is 1.75. The van der Waals surface area contributed by atoms with Gasteiger partial charge >= 0.3 is 18.8 Å². The molecule has 0 bridgehead atoms. The van der Waals surface area contributed by atoms with Crippen molar-refractivity contribution in [1.82, 2.24) is 0 Å². The summed E-state index contributed by atoms with van der Waals surface area (Å²) in [7, 11) is 0. The first-order valence-electron chi connectivity index (χ1n) is 4.11. The Labute approximate surface area is 91.4 Å². The van der Waals surface area contributed by atoms with Crippen molar-refractivity contribution in [3.8, 4) is 5.75 Å². The monoisotopic (exact) mass is 256 g/mol. The zero-order valence-electron chi connectivity index (χ0n) is 7.96. The van der Waals surface area contributed by atoms with Crippen molar-refractivity contribution < 1.29 is 36.6 Å². The Hall–Kier alpha value is -1.86. The molecule has 0 spiro atoms. The van der Waals surface area contributed by atoms with Gasteiger partial charge in [-0.15, -0.1) is 0 Å². The van der Waals surface area contributed by atoms with E-state index in [0.29, 0.717) is 6.07 Å². The Morgan fingerprint density at radius 2 is 1.88 bits per heavy atom. The molecule has 0 unspecified atom stereocenters. The van der Waals surface area contributed by atoms with Crippen molar-refractivity contribution in [3.63, 3.8) is 0 Å². The second kappa shape index (κ2) is 4.56. The molecule has 3 nitrogen and oxygen atoms in total. The first-order chi connectivity index (χ1) is 7.71. The van der Waals surface area contributed by atoms with E-state index in [0.717, 1.165) is 6.07 Å². The molecule has 0 saturated carbocycles. The molecule has 1 aromatic carbocycles. The summed E-state index contributed by atoms with van der Waals surface area (Å²) in [4.78, 5) is 10.5. The van der Waals surface area contributed by atoms with E-state index < -0.39 is 35.6 Å². The molecule has 0 saturated heterocycles. The van der Waals surface area contributed by atoms with Crippen molar-refractivity contribution in [2.75, 3.05) is 0 Å². The van der Waals surface area contributed by atoms with E-state index in [-0.39, 0.29) is 6.07 Å². The van der Waals surface area contributed by atoms with E-state index in [1.54, 1.807) is 0 Å². The molecule has 17 heavy (non-hydrogen) atoms. The summed E-state index contributed by atoms with van der Waals surface area (Å²) in [5.74, 6) is -2.71. The predicted molar refractivity (Wildman–Crippen MR) is 45.0 cm³/mol. The summed E-state index contributed by atoms with van der Waals surface area (Å²) < 4.78 is 64.6. The number of rotatable bonds is 3. The van der Waals surface area contributed by atoms with Crippen LogP contribution in [0.1, 0.15) is 15.9 Å². The third kappa shape index (κ3) is 3.30. The van der Waals surface area contributed by atoms with Gasteiger partial charge in [-0.2, -0.15) is 22.0 Å². The van der Waals surface area contributed by atoms with E-state index in [1.165, 1.54) is 0 Å². The smallest absolute Gasteiger partial charge is 0.419 e. The molecule has 0 heterocycles. The van der Waals surface area contributed by atoms with Gasteiger partial charge < -0.3 is 9.84 Å². The Kier molecular flexibility index (Phi) is 3.54. The lowest BCUT2D eigenvalue weighted by Gasteiger charge is -2.13. The largest absolute Gasteiger partial charge is 0.478 e. The summed E-state index contributed by atoms with van der Waals surface area (Å²) >= 11 is 0. The number of benzene rings is 1. The summed E-state index contributed by atoms with van der Waals surface area (Å²) in [6, 6.07) is 1.52. The Balaban J connectivity index is 3.27. The first kappa shape index (κ1) is 13.2. The number of carboxylic acids is 1. The maximum absolute atomic E-state index is 12.4. The molecule has 0 fully saturated rings. The fourth-order valence-corrected chi connectivity index (χ4v) is 1.08. The van der Waals surface area contributed by atoms with Crippen LogP contribution in [0.4, 0.5) is 22.0 Å². The topological polar surface area (TPSA) is 46.5 Å². The molecule has 0 radical (unpaired) electrons. The van der Waals surface area contributed by atoms with Crippen LogP contribution in [-0.4, -0.2) is 17.7 Å². The van der Waals surface area contributed by atoms with Crippen LogP contribution >= 0.6 is 0 Å². The number of aromatic carboxylic acids is 1. The maximum Gasteiger partial charge on any atom is 0.419 e. The van der Waals surface area contributed by atoms with E-state index in [4.69, 9.17) is 5.11 Å². The van der Waals surface area contributed by atoms with Crippen LogP contribution in [0.15, 0.2) is 18.2 Å². The van der Waals surface area contributed by atoms with E-state index in [2.05, 4.69) is 4.74 Å². The lowest BCUT2D eigenvalue weighted by Crippen LogP contribution is -2.13. The molecule has 8 heteroatoms. The number of halogens is 5. The highest BCUT2D eigenvalue weighted by molar-refractivity contribution is 5.88. The summed E-state index contributed by atoms with van der Waals surface area (Å²) in [6.07, 6.45) is -4.98. The third-order valence-corrected chi connectivity index (χ3v) is 1.75. The first-order valence-corrected chi connectivity index (χ1v) is 4.11. The molecule has 0 aromatic heterocycles. The average Bonchev–Trinajstić information content (AvgIpc) is 2.15. The molecule has 0 aliphatic rings. The summed E-state index contributed by atoms with van der Waals surface area (Å²) in [5, 5.41) is 8.49. The Morgan fingerprint density at radius 1 is 1.29 bits per heavy atom. The molecule has 0 atom stereocenters. The van der Waals surface area contributed by atoms with E-state index in [1.807, 2.05) is 0 Å². The average molecular weight is 256 g/mol. The van der Waals surface area contributed by atoms with Crippen molar-refractivity contribution in [2.45, 2.75) is 12.8 Å². The normalized spacial score (nSPS) is 11.6. The number of hydrogen-bond donors (Lipinski definition) is 1. The Bertz CT molecular complexity index is 427. The summed E-state index contributed by atoms with van der Waals surface area (Å²) in [5.41, 5.74) is -2.23. The summed E-state index contributed by atoms with van der Waals surface area (Å²) in [6.45, 7) is -3.42. The van der Waals surface area contributed by atoms with Gasteiger partial charge in [0.25, 0.3) is 0 Å². The molecule has 0 amide bonds. The molecule has 1 N–H and O–H groups in total. The molecular weight excluding hydrogens is 251 g/mol. The number of ether oxygens (including phenoxy) is 1. The number of alkyl halides is 5. The minimum atomic E-state index is -4.98. The van der Waals surface area contributed by atoms with Crippen LogP contribution in [0.25, 0.3) is 0 Å². The van der Waals surface area contributed by atoms with Crippen molar-refractivity contribution in [3.05, 3.63) is 29.3 Å². The van der Waals surface area contributed by atoms with E-state index in [9.17, 15) is 26.7 Å². The van der Waals surface area contributed by atoms with Gasteiger partial charge in [-0.25, -0.2) is 4.79 Å². The molecule has 0 aliphatic carbocycles. The van der Waals surface area contributed by atoms with Crippen molar-refractivity contribution in [1.29, 1.82) is 0 Å². The fraction of sp³-hybridized carbons (Fsp3) is 0.222. The lowest BCUT2D eigenvalue weighted by molar-refractivity contribution is -0.141. The highest BCUT2D eigenvalue weighted by Gasteiger charge is 2.35. The SMILES string of the molecule is O=C(O)c1ccc(OC(F)F)c(C(F)(F)F)c1. The number of carboxylic acid groups (broad SMARTS) is 1. The van der Waals surface area contributed by atoms with Gasteiger partial charge in [0.15, 0.2) is 0 Å². The highest BCUT2D eigenvalue weighted by Crippen LogP contribution is 2.37. The van der Waals surface area contributed by atoms with Gasteiger partial charge in [0.1, 0.15) is 5.75 Å². The molecule has 1 aromatic rings. The van der Waals surface area contributed by atoms with Gasteiger partial charge in [-0.1, -0.05) is 0 Å². The molecule has 1 rings (SSSR count). The standard InChI is InChI=1S/C9H5F5O3/c10-8(11)17-6-2-1-4(7(15)16)3-5(6)9(12,13)14/h1-3,8H,(H,15,16). The maximum atomic E-state index is 12.4. The minimum absolute atomic E-state index is 0.236. The van der Waals surface area contributed by atoms with Crippen LogP contribution in [-0.2, 0) is 6.18 Å². The van der Waals surface area contributed by atoms with Crippen molar-refractivity contribution >= 4 is 5.97 Å². The second-order valence-corrected chi connectivity index (χ2v) is 2.89. The zero-order chi connectivity index (χ0) is 13.2. The number of carbonyl (C=O) groups is 1. The zero-order valence-corrected chi connectivity index (χ0v) is 7.96. The van der Waals surface area contributed by atoms with Gasteiger partial charge in [0.05, 0.1) is 11.1 Å². The van der Waals surface area contributed by atoms with E-state index >= 15 is 0 Å². The number of hydrogen-bond acceptors (Lipinski definition) is 2. The molecular formula is C9H5F5O3. The van der Waals surface area contributed by atoms with Gasteiger partial charge in [0.2, 0.25) is 0 Å². The predicted octanol–water partition coefficient (Wildman–Crippen LogP) is 3.01. The van der Waals surface area contributed by atoms with Crippen LogP contribution in [0, 0.1) is 0 Å². The molecule has 0 aliphatic heterocycles. The Morgan fingerprint density at radius 3 is 2.29 bits per heavy atom. The van der Waals surface area contributed by atoms with Crippen LogP contribution in [0.5, 0.6) is 5.75 Å². The van der Waals surface area contributed by atoms with Gasteiger partial charge in [-0.05, 0) is 18.2 Å².